The number of rotatable bonds is 5. The highest BCUT2D eigenvalue weighted by atomic mass is 16.6. The fourth-order valence-electron chi connectivity index (χ4n) is 2.90. The van der Waals surface area contributed by atoms with E-state index in [2.05, 4.69) is 4.98 Å². The average Bonchev–Trinajstić information content (AvgIpc) is 2.52. The fraction of sp³-hybridized carbons (Fsp3) is 0.684. The zero-order valence-corrected chi connectivity index (χ0v) is 15.4. The van der Waals surface area contributed by atoms with Crippen molar-refractivity contribution in [2.24, 2.45) is 0 Å². The van der Waals surface area contributed by atoms with Crippen molar-refractivity contribution in [3.05, 3.63) is 23.9 Å². The molecule has 134 valence electrons. The van der Waals surface area contributed by atoms with E-state index in [4.69, 9.17) is 9.47 Å². The first kappa shape index (κ1) is 18.6. The molecule has 2 heterocycles. The molecule has 1 aromatic heterocycles. The van der Waals surface area contributed by atoms with Crippen LogP contribution >= 0.6 is 0 Å². The summed E-state index contributed by atoms with van der Waals surface area (Å²) >= 11 is 0. The quantitative estimate of drug-likeness (QED) is 0.752. The number of aryl methyl sites for hydroxylation is 1. The standard InChI is InChI=1S/C19H30N2O3/c1-15-10-11-17(20-14-15)23-13-7-9-16-8-5-6-12-21(16)18(22)24-19(2,3)4/h10-11,14,16H,5-9,12-13H2,1-4H3/t16-/m0/s1. The Morgan fingerprint density at radius 2 is 2.12 bits per heavy atom. The molecular weight excluding hydrogens is 304 g/mol. The number of pyridine rings is 1. The summed E-state index contributed by atoms with van der Waals surface area (Å²) in [6, 6.07) is 4.14. The molecule has 0 spiro atoms. The molecule has 0 radical (unpaired) electrons. The van der Waals surface area contributed by atoms with E-state index in [0.29, 0.717) is 12.5 Å². The molecule has 2 rings (SSSR count). The third-order valence-corrected chi connectivity index (χ3v) is 4.07. The molecule has 0 unspecified atom stereocenters. The zero-order chi connectivity index (χ0) is 17.6. The van der Waals surface area contributed by atoms with E-state index < -0.39 is 5.60 Å². The number of carbonyl (C=O) groups excluding carboxylic acids is 1. The molecular formula is C19H30N2O3. The van der Waals surface area contributed by atoms with Gasteiger partial charge in [-0.3, -0.25) is 0 Å². The van der Waals surface area contributed by atoms with Crippen molar-refractivity contribution < 1.29 is 14.3 Å². The third-order valence-electron chi connectivity index (χ3n) is 4.07. The number of carbonyl (C=O) groups is 1. The van der Waals surface area contributed by atoms with Crippen LogP contribution in [-0.4, -0.2) is 40.8 Å². The molecule has 1 aliphatic heterocycles. The van der Waals surface area contributed by atoms with Gasteiger partial charge < -0.3 is 14.4 Å². The van der Waals surface area contributed by atoms with Crippen LogP contribution in [0.3, 0.4) is 0 Å². The maximum Gasteiger partial charge on any atom is 0.410 e. The molecule has 0 aliphatic carbocycles. The van der Waals surface area contributed by atoms with Gasteiger partial charge in [-0.1, -0.05) is 6.07 Å². The van der Waals surface area contributed by atoms with E-state index in [-0.39, 0.29) is 12.1 Å². The number of hydrogen-bond donors (Lipinski definition) is 0. The van der Waals surface area contributed by atoms with Crippen LogP contribution in [0.1, 0.15) is 58.4 Å². The van der Waals surface area contributed by atoms with Crippen LogP contribution in [0.4, 0.5) is 4.79 Å². The van der Waals surface area contributed by atoms with E-state index >= 15 is 0 Å². The van der Waals surface area contributed by atoms with Gasteiger partial charge in [0.1, 0.15) is 5.60 Å². The number of amides is 1. The molecule has 0 bridgehead atoms. The second kappa shape index (κ2) is 8.36. The summed E-state index contributed by atoms with van der Waals surface area (Å²) < 4.78 is 11.2. The molecule has 1 atom stereocenters. The summed E-state index contributed by atoms with van der Waals surface area (Å²) in [6.45, 7) is 9.14. The lowest BCUT2D eigenvalue weighted by Crippen LogP contribution is -2.46. The van der Waals surface area contributed by atoms with Crippen LogP contribution in [0.25, 0.3) is 0 Å². The molecule has 0 N–H and O–H groups in total. The van der Waals surface area contributed by atoms with E-state index in [1.54, 1.807) is 6.20 Å². The molecule has 1 saturated heterocycles. The molecule has 24 heavy (non-hydrogen) atoms. The Morgan fingerprint density at radius 1 is 1.33 bits per heavy atom. The van der Waals surface area contributed by atoms with Crippen molar-refractivity contribution in [2.45, 2.75) is 71.4 Å². The average molecular weight is 334 g/mol. The molecule has 5 heteroatoms. The maximum absolute atomic E-state index is 12.4. The Labute approximate surface area is 145 Å². The van der Waals surface area contributed by atoms with Crippen molar-refractivity contribution >= 4 is 6.09 Å². The van der Waals surface area contributed by atoms with Crippen LogP contribution in [0.2, 0.25) is 0 Å². The Balaban J connectivity index is 1.78. The minimum absolute atomic E-state index is 0.187. The predicted octanol–water partition coefficient (Wildman–Crippen LogP) is 4.34. The van der Waals surface area contributed by atoms with Crippen LogP contribution < -0.4 is 4.74 Å². The molecule has 1 aromatic rings. The molecule has 5 nitrogen and oxygen atoms in total. The van der Waals surface area contributed by atoms with Gasteiger partial charge in [0.05, 0.1) is 6.61 Å². The Bertz CT molecular complexity index is 522. The lowest BCUT2D eigenvalue weighted by Gasteiger charge is -2.36. The van der Waals surface area contributed by atoms with Gasteiger partial charge in [-0.15, -0.1) is 0 Å². The topological polar surface area (TPSA) is 51.7 Å². The van der Waals surface area contributed by atoms with Crippen LogP contribution in [-0.2, 0) is 4.74 Å². The SMILES string of the molecule is Cc1ccc(OCCC[C@@H]2CCCCN2C(=O)OC(C)(C)C)nc1. The van der Waals surface area contributed by atoms with Gasteiger partial charge in [0.2, 0.25) is 5.88 Å². The Hall–Kier alpha value is -1.78. The second-order valence-corrected chi connectivity index (χ2v) is 7.49. The van der Waals surface area contributed by atoms with E-state index in [1.807, 2.05) is 44.7 Å². The molecule has 0 saturated carbocycles. The van der Waals surface area contributed by atoms with Gasteiger partial charge in [0.15, 0.2) is 0 Å². The fourth-order valence-corrected chi connectivity index (χ4v) is 2.90. The normalized spacial score (nSPS) is 18.3. The monoisotopic (exact) mass is 334 g/mol. The first-order valence-electron chi connectivity index (χ1n) is 8.90. The lowest BCUT2D eigenvalue weighted by atomic mass is 9.98. The van der Waals surface area contributed by atoms with E-state index in [9.17, 15) is 4.79 Å². The van der Waals surface area contributed by atoms with Crippen LogP contribution in [0, 0.1) is 6.92 Å². The first-order valence-corrected chi connectivity index (χ1v) is 8.90. The number of piperidine rings is 1. The largest absolute Gasteiger partial charge is 0.478 e. The summed E-state index contributed by atoms with van der Waals surface area (Å²) in [7, 11) is 0. The van der Waals surface area contributed by atoms with Gasteiger partial charge in [-0.2, -0.15) is 0 Å². The maximum atomic E-state index is 12.4. The van der Waals surface area contributed by atoms with Gasteiger partial charge in [-0.25, -0.2) is 9.78 Å². The number of nitrogens with zero attached hydrogens (tertiary/aromatic N) is 2. The minimum Gasteiger partial charge on any atom is -0.478 e. The molecule has 0 aromatic carbocycles. The summed E-state index contributed by atoms with van der Waals surface area (Å²) in [5.74, 6) is 0.660. The highest BCUT2D eigenvalue weighted by Gasteiger charge is 2.30. The highest BCUT2D eigenvalue weighted by molar-refractivity contribution is 5.68. The lowest BCUT2D eigenvalue weighted by molar-refractivity contribution is 0.00822. The van der Waals surface area contributed by atoms with Gasteiger partial charge in [0, 0.05) is 24.8 Å². The van der Waals surface area contributed by atoms with Gasteiger partial charge >= 0.3 is 6.09 Å². The summed E-state index contributed by atoms with van der Waals surface area (Å²) in [5.41, 5.74) is 0.678. The number of likely N-dealkylation sites (tertiary alicyclic amines) is 1. The number of hydrogen-bond acceptors (Lipinski definition) is 4. The van der Waals surface area contributed by atoms with Gasteiger partial charge in [-0.05, 0) is 65.4 Å². The summed E-state index contributed by atoms with van der Waals surface area (Å²) in [5, 5.41) is 0. The smallest absolute Gasteiger partial charge is 0.410 e. The highest BCUT2D eigenvalue weighted by Crippen LogP contribution is 2.23. The molecule has 1 amide bonds. The Kier molecular flexibility index (Phi) is 6.46. The predicted molar refractivity (Wildman–Crippen MR) is 94.3 cm³/mol. The van der Waals surface area contributed by atoms with Crippen LogP contribution in [0.15, 0.2) is 18.3 Å². The van der Waals surface area contributed by atoms with Crippen molar-refractivity contribution in [1.82, 2.24) is 9.88 Å². The van der Waals surface area contributed by atoms with E-state index in [1.165, 1.54) is 6.42 Å². The van der Waals surface area contributed by atoms with Crippen molar-refractivity contribution in [1.29, 1.82) is 0 Å². The summed E-state index contributed by atoms with van der Waals surface area (Å²) in [4.78, 5) is 18.5. The Morgan fingerprint density at radius 3 is 2.79 bits per heavy atom. The zero-order valence-electron chi connectivity index (χ0n) is 15.4. The van der Waals surface area contributed by atoms with Gasteiger partial charge in [0.25, 0.3) is 0 Å². The molecule has 1 fully saturated rings. The first-order chi connectivity index (χ1) is 11.3. The van der Waals surface area contributed by atoms with Crippen molar-refractivity contribution in [2.75, 3.05) is 13.2 Å². The third kappa shape index (κ3) is 6.02. The minimum atomic E-state index is -0.445. The second-order valence-electron chi connectivity index (χ2n) is 7.49. The number of aromatic nitrogens is 1. The summed E-state index contributed by atoms with van der Waals surface area (Å²) in [6.07, 6.45) is 6.73. The van der Waals surface area contributed by atoms with Crippen molar-refractivity contribution in [3.63, 3.8) is 0 Å². The van der Waals surface area contributed by atoms with E-state index in [0.717, 1.165) is 37.8 Å². The number of ether oxygens (including phenoxy) is 2. The van der Waals surface area contributed by atoms with Crippen LogP contribution in [0.5, 0.6) is 5.88 Å². The molecule has 1 aliphatic rings. The van der Waals surface area contributed by atoms with Crippen molar-refractivity contribution in [3.8, 4) is 5.88 Å².